The second kappa shape index (κ2) is 7.11. The van der Waals surface area contributed by atoms with Gasteiger partial charge in [0.1, 0.15) is 18.3 Å². The Morgan fingerprint density at radius 2 is 2.37 bits per heavy atom. The van der Waals surface area contributed by atoms with Crippen molar-refractivity contribution in [2.75, 3.05) is 18.4 Å². The number of rotatable bonds is 4. The van der Waals surface area contributed by atoms with Crippen LogP contribution >= 0.6 is 0 Å². The summed E-state index contributed by atoms with van der Waals surface area (Å²) in [6, 6.07) is 3.97. The number of amides is 1. The summed E-state index contributed by atoms with van der Waals surface area (Å²) in [5, 5.41) is 13.4. The molecule has 1 aliphatic rings. The van der Waals surface area contributed by atoms with Crippen molar-refractivity contribution in [3.05, 3.63) is 30.9 Å². The summed E-state index contributed by atoms with van der Waals surface area (Å²) < 4.78 is 5.49. The van der Waals surface area contributed by atoms with Crippen molar-refractivity contribution < 1.29 is 9.21 Å². The van der Waals surface area contributed by atoms with Crippen LogP contribution in [0.25, 0.3) is 22.5 Å². The second-order valence-corrected chi connectivity index (χ2v) is 6.94. The molecular weight excluding hydrogens is 344 g/mol. The number of likely N-dealkylation sites (tertiary alicyclic amines) is 1. The van der Waals surface area contributed by atoms with Gasteiger partial charge in [-0.2, -0.15) is 5.26 Å². The molecule has 1 fully saturated rings. The minimum atomic E-state index is -0.120. The molecule has 138 valence electrons. The van der Waals surface area contributed by atoms with Gasteiger partial charge in [-0.15, -0.1) is 0 Å². The van der Waals surface area contributed by atoms with E-state index in [9.17, 15) is 4.79 Å². The average Bonchev–Trinajstić information content (AvgIpc) is 3.33. The Morgan fingerprint density at radius 1 is 1.48 bits per heavy atom. The molecule has 4 heterocycles. The number of hydrogen-bond acceptors (Lipinski definition) is 6. The maximum Gasteiger partial charge on any atom is 0.236 e. The highest BCUT2D eigenvalue weighted by molar-refractivity contribution is 5.97. The van der Waals surface area contributed by atoms with Crippen molar-refractivity contribution in [2.45, 2.75) is 25.8 Å². The molecule has 2 atom stereocenters. The van der Waals surface area contributed by atoms with E-state index in [1.165, 1.54) is 6.26 Å². The Morgan fingerprint density at radius 3 is 3.15 bits per heavy atom. The number of nitriles is 1. The minimum Gasteiger partial charge on any atom is -0.444 e. The van der Waals surface area contributed by atoms with Crippen LogP contribution in [0.1, 0.15) is 19.8 Å². The van der Waals surface area contributed by atoms with Gasteiger partial charge in [0, 0.05) is 36.9 Å². The highest BCUT2D eigenvalue weighted by Gasteiger charge is 2.29. The third-order valence-corrected chi connectivity index (χ3v) is 4.84. The molecule has 3 aromatic rings. The van der Waals surface area contributed by atoms with E-state index in [1.54, 1.807) is 17.3 Å². The quantitative estimate of drug-likeness (QED) is 0.736. The predicted octanol–water partition coefficient (Wildman–Crippen LogP) is 2.78. The van der Waals surface area contributed by atoms with Gasteiger partial charge in [0.2, 0.25) is 11.8 Å². The first kappa shape index (κ1) is 17.1. The van der Waals surface area contributed by atoms with Crippen molar-refractivity contribution in [3.8, 4) is 17.5 Å². The fourth-order valence-corrected chi connectivity index (χ4v) is 3.73. The SMILES string of the molecule is C[C@@H]1C[C@H](Nc2c(-c3ncco3)cnc3[nH]ccc23)CN(C(=O)CC#N)C1. The molecule has 0 bridgehead atoms. The predicted molar refractivity (Wildman–Crippen MR) is 99.6 cm³/mol. The van der Waals surface area contributed by atoms with E-state index in [0.29, 0.717) is 24.9 Å². The number of piperidine rings is 1. The molecule has 0 aromatic carbocycles. The molecule has 8 nitrogen and oxygen atoms in total. The summed E-state index contributed by atoms with van der Waals surface area (Å²) in [6.07, 6.45) is 7.55. The average molecular weight is 364 g/mol. The molecule has 2 N–H and O–H groups in total. The zero-order chi connectivity index (χ0) is 18.8. The molecule has 1 amide bonds. The van der Waals surface area contributed by atoms with Gasteiger partial charge in [0.25, 0.3) is 0 Å². The van der Waals surface area contributed by atoms with Crippen molar-refractivity contribution >= 4 is 22.6 Å². The number of hydrogen-bond donors (Lipinski definition) is 2. The molecule has 0 unspecified atom stereocenters. The number of fused-ring (bicyclic) bond motifs is 1. The summed E-state index contributed by atoms with van der Waals surface area (Å²) in [5.74, 6) is 0.715. The van der Waals surface area contributed by atoms with Crippen molar-refractivity contribution in [3.63, 3.8) is 0 Å². The van der Waals surface area contributed by atoms with Crippen LogP contribution in [0, 0.1) is 17.2 Å². The van der Waals surface area contributed by atoms with Crippen LogP contribution in [0.2, 0.25) is 0 Å². The first-order valence-corrected chi connectivity index (χ1v) is 8.93. The number of aromatic nitrogens is 3. The van der Waals surface area contributed by atoms with Crippen LogP contribution in [0.15, 0.2) is 35.3 Å². The Kier molecular flexibility index (Phi) is 4.50. The Labute approximate surface area is 156 Å². The third kappa shape index (κ3) is 3.36. The molecule has 0 radical (unpaired) electrons. The van der Waals surface area contributed by atoms with Gasteiger partial charge < -0.3 is 19.6 Å². The smallest absolute Gasteiger partial charge is 0.236 e. The van der Waals surface area contributed by atoms with Crippen molar-refractivity contribution in [1.29, 1.82) is 5.26 Å². The lowest BCUT2D eigenvalue weighted by Gasteiger charge is -2.37. The molecule has 0 saturated carbocycles. The maximum absolute atomic E-state index is 12.2. The number of anilines is 1. The number of carbonyl (C=O) groups is 1. The number of carbonyl (C=O) groups excluding carboxylic acids is 1. The molecule has 3 aromatic heterocycles. The van der Waals surface area contributed by atoms with Gasteiger partial charge in [-0.1, -0.05) is 6.92 Å². The first-order valence-electron chi connectivity index (χ1n) is 8.93. The normalized spacial score (nSPS) is 19.8. The first-order chi connectivity index (χ1) is 13.2. The van der Waals surface area contributed by atoms with Gasteiger partial charge in [0.15, 0.2) is 0 Å². The van der Waals surface area contributed by atoms with E-state index < -0.39 is 0 Å². The molecular formula is C19H20N6O2. The van der Waals surface area contributed by atoms with Crippen LogP contribution in [0.5, 0.6) is 0 Å². The van der Waals surface area contributed by atoms with Crippen LogP contribution in [0.4, 0.5) is 5.69 Å². The number of oxazole rings is 1. The van der Waals surface area contributed by atoms with Gasteiger partial charge in [0.05, 0.1) is 23.5 Å². The number of pyridine rings is 1. The second-order valence-electron chi connectivity index (χ2n) is 6.94. The van der Waals surface area contributed by atoms with Gasteiger partial charge in [-0.05, 0) is 18.4 Å². The van der Waals surface area contributed by atoms with Crippen LogP contribution < -0.4 is 5.32 Å². The highest BCUT2D eigenvalue weighted by Crippen LogP contribution is 2.34. The largest absolute Gasteiger partial charge is 0.444 e. The third-order valence-electron chi connectivity index (χ3n) is 4.84. The van der Waals surface area contributed by atoms with E-state index in [0.717, 1.165) is 28.7 Å². The molecule has 0 aliphatic carbocycles. The van der Waals surface area contributed by atoms with E-state index in [-0.39, 0.29) is 18.4 Å². The lowest BCUT2D eigenvalue weighted by atomic mass is 9.95. The summed E-state index contributed by atoms with van der Waals surface area (Å²) in [4.78, 5) is 25.8. The summed E-state index contributed by atoms with van der Waals surface area (Å²) in [7, 11) is 0. The minimum absolute atomic E-state index is 0.0607. The fraction of sp³-hybridized carbons (Fsp3) is 0.368. The Hall–Kier alpha value is -3.34. The lowest BCUT2D eigenvalue weighted by Crippen LogP contribution is -2.48. The monoisotopic (exact) mass is 364 g/mol. The van der Waals surface area contributed by atoms with E-state index in [1.807, 2.05) is 18.3 Å². The van der Waals surface area contributed by atoms with E-state index in [4.69, 9.17) is 9.68 Å². The Balaban J connectivity index is 1.66. The number of nitrogens with zero attached hydrogens (tertiary/aromatic N) is 4. The van der Waals surface area contributed by atoms with Crippen LogP contribution in [0.3, 0.4) is 0 Å². The summed E-state index contributed by atoms with van der Waals surface area (Å²) >= 11 is 0. The fourth-order valence-electron chi connectivity index (χ4n) is 3.73. The highest BCUT2D eigenvalue weighted by atomic mass is 16.3. The summed E-state index contributed by atoms with van der Waals surface area (Å²) in [6.45, 7) is 3.36. The molecule has 1 aliphatic heterocycles. The Bertz CT molecular complexity index is 987. The van der Waals surface area contributed by atoms with Gasteiger partial charge in [-0.25, -0.2) is 9.97 Å². The van der Waals surface area contributed by atoms with Crippen molar-refractivity contribution in [1.82, 2.24) is 19.9 Å². The standard InChI is InChI=1S/C19H20N6O2/c1-12-8-13(11-25(10-12)16(26)2-4-20)24-17-14-3-5-21-18(14)23-9-15(17)19-22-6-7-27-19/h3,5-7,9,12-13H,2,8,10-11H2,1H3,(H2,21,23,24)/t12-,13+/m1/s1. The number of H-pyrrole nitrogens is 1. The zero-order valence-corrected chi connectivity index (χ0v) is 15.0. The maximum atomic E-state index is 12.2. The number of nitrogens with one attached hydrogen (secondary N) is 2. The molecule has 27 heavy (non-hydrogen) atoms. The van der Waals surface area contributed by atoms with Gasteiger partial charge >= 0.3 is 0 Å². The molecule has 8 heteroatoms. The topological polar surface area (TPSA) is 111 Å². The molecule has 0 spiro atoms. The van der Waals surface area contributed by atoms with Crippen molar-refractivity contribution in [2.24, 2.45) is 5.92 Å². The van der Waals surface area contributed by atoms with E-state index in [2.05, 4.69) is 27.2 Å². The summed E-state index contributed by atoms with van der Waals surface area (Å²) in [5.41, 5.74) is 2.43. The van der Waals surface area contributed by atoms with Crippen LogP contribution in [-0.2, 0) is 4.79 Å². The zero-order valence-electron chi connectivity index (χ0n) is 15.0. The number of aromatic amines is 1. The van der Waals surface area contributed by atoms with Crippen LogP contribution in [-0.4, -0.2) is 44.9 Å². The lowest BCUT2D eigenvalue weighted by molar-refractivity contribution is -0.132. The molecule has 1 saturated heterocycles. The van der Waals surface area contributed by atoms with E-state index >= 15 is 0 Å². The van der Waals surface area contributed by atoms with Gasteiger partial charge in [-0.3, -0.25) is 4.79 Å². The molecule has 4 rings (SSSR count).